The third kappa shape index (κ3) is 3.03. The number of hydrogen-bond acceptors (Lipinski definition) is 3. The summed E-state index contributed by atoms with van der Waals surface area (Å²) in [6, 6.07) is 6.77. The Labute approximate surface area is 108 Å². The van der Waals surface area contributed by atoms with Crippen LogP contribution in [-0.2, 0) is 10.0 Å². The molecule has 100 valence electrons. The number of rotatable bonds is 4. The van der Waals surface area contributed by atoms with Crippen LogP contribution < -0.4 is 9.46 Å². The van der Waals surface area contributed by atoms with Crippen LogP contribution in [0.1, 0.15) is 32.1 Å². The van der Waals surface area contributed by atoms with Gasteiger partial charge in [-0.15, -0.1) is 0 Å². The van der Waals surface area contributed by atoms with Crippen molar-refractivity contribution < 1.29 is 13.2 Å². The molecule has 1 saturated carbocycles. The lowest BCUT2D eigenvalue weighted by molar-refractivity contribution is 0.397. The van der Waals surface area contributed by atoms with Crippen molar-refractivity contribution in [3.63, 3.8) is 0 Å². The van der Waals surface area contributed by atoms with E-state index in [4.69, 9.17) is 4.74 Å². The first kappa shape index (κ1) is 13.4. The molecule has 1 aromatic rings. The molecular weight excluding hydrogens is 250 g/mol. The molecule has 0 bridgehead atoms. The molecule has 0 atom stereocenters. The SMILES string of the molecule is COc1ccccc1S(=O)(=O)NC1CCCCC1. The van der Waals surface area contributed by atoms with E-state index in [-0.39, 0.29) is 10.9 Å². The molecule has 0 aliphatic heterocycles. The maximum atomic E-state index is 12.3. The summed E-state index contributed by atoms with van der Waals surface area (Å²) in [6.45, 7) is 0. The number of hydrogen-bond donors (Lipinski definition) is 1. The monoisotopic (exact) mass is 269 g/mol. The van der Waals surface area contributed by atoms with Crippen LogP contribution in [0.4, 0.5) is 0 Å². The predicted octanol–water partition coefficient (Wildman–Crippen LogP) is 2.31. The van der Waals surface area contributed by atoms with Crippen LogP contribution in [-0.4, -0.2) is 21.6 Å². The number of sulfonamides is 1. The zero-order chi connectivity index (χ0) is 13.0. The second-order valence-corrected chi connectivity index (χ2v) is 6.29. The summed E-state index contributed by atoms with van der Waals surface area (Å²) in [5.41, 5.74) is 0. The minimum Gasteiger partial charge on any atom is -0.495 e. The number of benzene rings is 1. The van der Waals surface area contributed by atoms with Gasteiger partial charge in [0.15, 0.2) is 0 Å². The molecule has 0 saturated heterocycles. The Morgan fingerprint density at radius 3 is 2.50 bits per heavy atom. The highest BCUT2D eigenvalue weighted by Crippen LogP contribution is 2.25. The second-order valence-electron chi connectivity index (χ2n) is 4.61. The number of methoxy groups -OCH3 is 1. The first-order valence-corrected chi connectivity index (χ1v) is 7.77. The van der Waals surface area contributed by atoms with E-state index < -0.39 is 10.0 Å². The Hall–Kier alpha value is -1.07. The van der Waals surface area contributed by atoms with E-state index in [0.29, 0.717) is 5.75 Å². The van der Waals surface area contributed by atoms with Gasteiger partial charge in [0.2, 0.25) is 10.0 Å². The standard InChI is InChI=1S/C13H19NO3S/c1-17-12-9-5-6-10-13(12)18(15,16)14-11-7-3-2-4-8-11/h5-6,9-11,14H,2-4,7-8H2,1H3. The maximum absolute atomic E-state index is 12.3. The molecule has 5 heteroatoms. The fourth-order valence-corrected chi connectivity index (χ4v) is 3.82. The minimum absolute atomic E-state index is 0.0636. The first-order valence-electron chi connectivity index (χ1n) is 6.29. The molecule has 0 amide bonds. The summed E-state index contributed by atoms with van der Waals surface area (Å²) >= 11 is 0. The smallest absolute Gasteiger partial charge is 0.244 e. The highest BCUT2D eigenvalue weighted by Gasteiger charge is 2.24. The third-order valence-corrected chi connectivity index (χ3v) is 4.85. The summed E-state index contributed by atoms with van der Waals surface area (Å²) < 4.78 is 32.5. The summed E-state index contributed by atoms with van der Waals surface area (Å²) in [7, 11) is -2.00. The Morgan fingerprint density at radius 1 is 1.17 bits per heavy atom. The lowest BCUT2D eigenvalue weighted by Gasteiger charge is -2.23. The average Bonchev–Trinajstić information content (AvgIpc) is 2.39. The molecule has 0 radical (unpaired) electrons. The van der Waals surface area contributed by atoms with Gasteiger partial charge in [0.25, 0.3) is 0 Å². The molecule has 2 rings (SSSR count). The molecular formula is C13H19NO3S. The van der Waals surface area contributed by atoms with Crippen molar-refractivity contribution in [2.75, 3.05) is 7.11 Å². The Bertz CT molecular complexity index is 493. The molecule has 18 heavy (non-hydrogen) atoms. The normalized spacial score (nSPS) is 17.6. The molecule has 0 unspecified atom stereocenters. The van der Waals surface area contributed by atoms with Crippen LogP contribution in [0.5, 0.6) is 5.75 Å². The minimum atomic E-state index is -3.48. The molecule has 1 fully saturated rings. The van der Waals surface area contributed by atoms with Gasteiger partial charge in [-0.3, -0.25) is 0 Å². The van der Waals surface area contributed by atoms with E-state index in [0.717, 1.165) is 25.7 Å². The molecule has 1 aliphatic carbocycles. The van der Waals surface area contributed by atoms with Gasteiger partial charge in [-0.1, -0.05) is 31.4 Å². The highest BCUT2D eigenvalue weighted by atomic mass is 32.2. The number of nitrogens with one attached hydrogen (secondary N) is 1. The van der Waals surface area contributed by atoms with E-state index in [1.54, 1.807) is 24.3 Å². The van der Waals surface area contributed by atoms with Gasteiger partial charge >= 0.3 is 0 Å². The summed E-state index contributed by atoms with van der Waals surface area (Å²) in [5, 5.41) is 0. The van der Waals surface area contributed by atoms with E-state index >= 15 is 0 Å². The lowest BCUT2D eigenvalue weighted by Crippen LogP contribution is -2.36. The fraction of sp³-hybridized carbons (Fsp3) is 0.538. The first-order chi connectivity index (χ1) is 8.63. The highest BCUT2D eigenvalue weighted by molar-refractivity contribution is 7.89. The summed E-state index contributed by atoms with van der Waals surface area (Å²) in [6.07, 6.45) is 5.24. The molecule has 1 N–H and O–H groups in total. The Kier molecular flexibility index (Phi) is 4.24. The van der Waals surface area contributed by atoms with E-state index in [1.807, 2.05) is 0 Å². The maximum Gasteiger partial charge on any atom is 0.244 e. The van der Waals surface area contributed by atoms with Gasteiger partial charge in [0.05, 0.1) is 7.11 Å². The topological polar surface area (TPSA) is 55.4 Å². The van der Waals surface area contributed by atoms with Crippen molar-refractivity contribution in [1.29, 1.82) is 0 Å². The van der Waals surface area contributed by atoms with Crippen LogP contribution in [0, 0.1) is 0 Å². The van der Waals surface area contributed by atoms with Gasteiger partial charge in [-0.25, -0.2) is 13.1 Å². The van der Waals surface area contributed by atoms with E-state index in [1.165, 1.54) is 13.5 Å². The van der Waals surface area contributed by atoms with Gasteiger partial charge in [-0.05, 0) is 25.0 Å². The molecule has 4 nitrogen and oxygen atoms in total. The molecule has 1 aliphatic rings. The van der Waals surface area contributed by atoms with Crippen molar-refractivity contribution in [3.05, 3.63) is 24.3 Å². The molecule has 0 aromatic heterocycles. The van der Waals surface area contributed by atoms with Crippen molar-refractivity contribution in [2.45, 2.75) is 43.0 Å². The van der Waals surface area contributed by atoms with Crippen LogP contribution in [0.15, 0.2) is 29.2 Å². The van der Waals surface area contributed by atoms with Gasteiger partial charge < -0.3 is 4.74 Å². The van der Waals surface area contributed by atoms with Crippen LogP contribution >= 0.6 is 0 Å². The Morgan fingerprint density at radius 2 is 1.83 bits per heavy atom. The van der Waals surface area contributed by atoms with Gasteiger partial charge in [-0.2, -0.15) is 0 Å². The Balaban J connectivity index is 2.19. The van der Waals surface area contributed by atoms with Crippen LogP contribution in [0.25, 0.3) is 0 Å². The van der Waals surface area contributed by atoms with E-state index in [9.17, 15) is 8.42 Å². The lowest BCUT2D eigenvalue weighted by atomic mass is 9.96. The number of ether oxygens (including phenoxy) is 1. The largest absolute Gasteiger partial charge is 0.495 e. The van der Waals surface area contributed by atoms with Gasteiger partial charge in [0.1, 0.15) is 10.6 Å². The zero-order valence-corrected chi connectivity index (χ0v) is 11.4. The van der Waals surface area contributed by atoms with Crippen molar-refractivity contribution >= 4 is 10.0 Å². The van der Waals surface area contributed by atoms with Crippen molar-refractivity contribution in [3.8, 4) is 5.75 Å². The molecule has 0 heterocycles. The second kappa shape index (κ2) is 5.71. The molecule has 1 aromatic carbocycles. The number of para-hydroxylation sites is 1. The average molecular weight is 269 g/mol. The summed E-state index contributed by atoms with van der Waals surface area (Å²) in [5.74, 6) is 0.390. The molecule has 0 spiro atoms. The third-order valence-electron chi connectivity index (χ3n) is 3.29. The van der Waals surface area contributed by atoms with Crippen molar-refractivity contribution in [2.24, 2.45) is 0 Å². The van der Waals surface area contributed by atoms with Crippen LogP contribution in [0.3, 0.4) is 0 Å². The van der Waals surface area contributed by atoms with Crippen molar-refractivity contribution in [1.82, 2.24) is 4.72 Å². The van der Waals surface area contributed by atoms with Gasteiger partial charge in [0, 0.05) is 6.04 Å². The fourth-order valence-electron chi connectivity index (χ4n) is 2.34. The van der Waals surface area contributed by atoms with Crippen LogP contribution in [0.2, 0.25) is 0 Å². The van der Waals surface area contributed by atoms with E-state index in [2.05, 4.69) is 4.72 Å². The zero-order valence-electron chi connectivity index (χ0n) is 10.6. The predicted molar refractivity (Wildman–Crippen MR) is 70.2 cm³/mol. The summed E-state index contributed by atoms with van der Waals surface area (Å²) in [4.78, 5) is 0.220. The quantitative estimate of drug-likeness (QED) is 0.912.